The van der Waals surface area contributed by atoms with Crippen LogP contribution in [0.15, 0.2) is 158 Å². The molecule has 0 saturated carbocycles. The molecule has 1 rings (SSSR count). The number of hydrogen-bond acceptors (Lipinski definition) is 11. The average molecular weight is 1150 g/mol. The molecule has 1 saturated heterocycles. The molecule has 1 heterocycles. The van der Waals surface area contributed by atoms with Crippen LogP contribution in [0.2, 0.25) is 0 Å². The largest absolute Gasteiger partial charge is 0.479 e. The Labute approximate surface area is 501 Å². The third kappa shape index (κ3) is 46.4. The van der Waals surface area contributed by atoms with E-state index < -0.39 is 67.3 Å². The van der Waals surface area contributed by atoms with E-state index >= 15 is 0 Å². The highest BCUT2D eigenvalue weighted by Gasteiger charge is 2.50. The number of hydrogen-bond donors (Lipinski definition) is 3. The van der Waals surface area contributed by atoms with Gasteiger partial charge in [0.2, 0.25) is 0 Å². The average Bonchev–Trinajstić information content (AvgIpc) is 3.60. The number of esters is 3. The molecule has 464 valence electrons. The molecule has 3 N–H and O–H groups in total. The van der Waals surface area contributed by atoms with Gasteiger partial charge in [-0.2, -0.15) is 0 Å². The minimum atomic E-state index is -1.94. The molecular formula is C71H108O12. The molecule has 0 aromatic carbocycles. The fourth-order valence-corrected chi connectivity index (χ4v) is 8.36. The zero-order valence-corrected chi connectivity index (χ0v) is 51.1. The molecule has 83 heavy (non-hydrogen) atoms. The topological polar surface area (TPSA) is 175 Å². The lowest BCUT2D eigenvalue weighted by atomic mass is 9.98. The molecule has 0 radical (unpaired) electrons. The number of carbonyl (C=O) groups is 4. The first-order valence-corrected chi connectivity index (χ1v) is 31.5. The Morgan fingerprint density at radius 3 is 1.23 bits per heavy atom. The highest BCUT2D eigenvalue weighted by Crippen LogP contribution is 2.26. The Hall–Kier alpha value is -5.66. The second-order valence-electron chi connectivity index (χ2n) is 20.6. The van der Waals surface area contributed by atoms with Crippen LogP contribution in [0.25, 0.3) is 0 Å². The Balaban J connectivity index is 2.75. The lowest BCUT2D eigenvalue weighted by Crippen LogP contribution is -2.61. The molecular weight excluding hydrogens is 1040 g/mol. The van der Waals surface area contributed by atoms with E-state index in [1.165, 1.54) is 25.7 Å². The van der Waals surface area contributed by atoms with Crippen molar-refractivity contribution in [2.75, 3.05) is 13.2 Å². The lowest BCUT2D eigenvalue weighted by molar-refractivity contribution is -0.301. The van der Waals surface area contributed by atoms with Crippen LogP contribution >= 0.6 is 0 Å². The summed E-state index contributed by atoms with van der Waals surface area (Å²) in [6.45, 7) is 5.62. The van der Waals surface area contributed by atoms with E-state index in [1.807, 2.05) is 18.2 Å². The number of carbonyl (C=O) groups excluding carboxylic acids is 3. The number of carboxylic acid groups (broad SMARTS) is 1. The molecule has 1 aliphatic rings. The van der Waals surface area contributed by atoms with Gasteiger partial charge in [-0.25, -0.2) is 4.79 Å². The smallest absolute Gasteiger partial charge is 0.335 e. The molecule has 1 aliphatic heterocycles. The third-order valence-electron chi connectivity index (χ3n) is 13.1. The van der Waals surface area contributed by atoms with Gasteiger partial charge < -0.3 is 39.0 Å². The van der Waals surface area contributed by atoms with E-state index in [2.05, 4.69) is 154 Å². The van der Waals surface area contributed by atoms with Gasteiger partial charge in [0.15, 0.2) is 24.6 Å². The highest BCUT2D eigenvalue weighted by atomic mass is 16.7. The first kappa shape index (κ1) is 75.4. The van der Waals surface area contributed by atoms with Gasteiger partial charge in [0.05, 0.1) is 13.0 Å². The van der Waals surface area contributed by atoms with Gasteiger partial charge in [0, 0.05) is 12.8 Å². The van der Waals surface area contributed by atoms with Crippen molar-refractivity contribution in [3.63, 3.8) is 0 Å². The van der Waals surface area contributed by atoms with Crippen molar-refractivity contribution in [1.82, 2.24) is 0 Å². The predicted molar refractivity (Wildman–Crippen MR) is 339 cm³/mol. The first-order valence-electron chi connectivity index (χ1n) is 31.5. The number of aliphatic carboxylic acids is 1. The quantitative estimate of drug-likeness (QED) is 0.0228. The van der Waals surface area contributed by atoms with E-state index in [0.29, 0.717) is 19.3 Å². The van der Waals surface area contributed by atoms with Crippen LogP contribution in [0, 0.1) is 0 Å². The number of allylic oxidation sites excluding steroid dienone is 25. The van der Waals surface area contributed by atoms with Gasteiger partial charge in [-0.3, -0.25) is 14.4 Å². The number of aliphatic hydroxyl groups is 2. The van der Waals surface area contributed by atoms with Crippen molar-refractivity contribution in [2.45, 2.75) is 250 Å². The Kier molecular flexibility index (Phi) is 51.6. The predicted octanol–water partition coefficient (Wildman–Crippen LogP) is 16.9. The van der Waals surface area contributed by atoms with Crippen LogP contribution in [0.4, 0.5) is 0 Å². The summed E-state index contributed by atoms with van der Waals surface area (Å²) in [4.78, 5) is 51.2. The number of aliphatic hydroxyl groups excluding tert-OH is 2. The van der Waals surface area contributed by atoms with E-state index in [4.69, 9.17) is 23.7 Å². The normalized spacial score (nSPS) is 18.7. The van der Waals surface area contributed by atoms with Crippen molar-refractivity contribution in [3.05, 3.63) is 158 Å². The fourth-order valence-electron chi connectivity index (χ4n) is 8.36. The summed E-state index contributed by atoms with van der Waals surface area (Å²) in [5.41, 5.74) is 0. The highest BCUT2D eigenvalue weighted by molar-refractivity contribution is 5.74. The summed E-state index contributed by atoms with van der Waals surface area (Å²) < 4.78 is 28.3. The van der Waals surface area contributed by atoms with Gasteiger partial charge in [0.1, 0.15) is 18.8 Å². The minimum Gasteiger partial charge on any atom is -0.479 e. The molecule has 12 heteroatoms. The van der Waals surface area contributed by atoms with Gasteiger partial charge in [-0.05, 0) is 128 Å². The Morgan fingerprint density at radius 2 is 0.795 bits per heavy atom. The van der Waals surface area contributed by atoms with Crippen LogP contribution < -0.4 is 0 Å². The standard InChI is InChI=1S/C71H108O12/c1-4-7-10-13-16-19-22-25-28-30-32-34-37-39-42-45-48-51-54-57-63(72)79-60-62(81-64(73)58-55-52-49-46-43-40-36-27-24-21-18-15-12-9-6-3)61-80-71-69(67(76)66(75)68(83-71)70(77)78)82-65(74)59-56-53-50-47-44-41-38-35-33-31-29-26-23-20-17-14-11-8-5-2/h8-9,11-12,16-21,25-29,32-36,41,43-44,46,52,55,62,66-69,71,75-76H,4-7,10,13-15,22-24,30-31,37-40,42,45,47-51,53-54,56-61H2,1-3H3,(H,77,78)/b11-8-,12-9-,19-16-,20-17-,21-18-,28-25-,29-26-,34-32-,35-33-,36-27-,44-41-,46-43-,55-52-. The third-order valence-corrected chi connectivity index (χ3v) is 13.1. The first-order chi connectivity index (χ1) is 40.6. The van der Waals surface area contributed by atoms with Crippen molar-refractivity contribution >= 4 is 23.9 Å². The van der Waals surface area contributed by atoms with Gasteiger partial charge in [0.25, 0.3) is 0 Å². The molecule has 0 aromatic heterocycles. The van der Waals surface area contributed by atoms with Gasteiger partial charge in [-0.15, -0.1) is 0 Å². The molecule has 12 nitrogen and oxygen atoms in total. The molecule has 0 aliphatic carbocycles. The number of carboxylic acids is 1. The molecule has 6 unspecified atom stereocenters. The molecule has 6 atom stereocenters. The maximum Gasteiger partial charge on any atom is 0.335 e. The maximum atomic E-state index is 13.1. The van der Waals surface area contributed by atoms with Crippen LogP contribution in [0.5, 0.6) is 0 Å². The SMILES string of the molecule is CC/C=C\C/C=C\C/C=C\C/C=C\C/C=C\CCCCCC(=O)OC1C(OCC(COC(=O)CCCCCCCC/C=C\C/C=C\C/C=C\CCCCC)OC(=O)C/C=C\C/C=C\C/C=C\C/C=C\C/C=C\CC)OC(C(=O)O)C(O)C1O. The second-order valence-corrected chi connectivity index (χ2v) is 20.6. The maximum absolute atomic E-state index is 13.1. The number of unbranched alkanes of at least 4 members (excludes halogenated alkanes) is 12. The summed E-state index contributed by atoms with van der Waals surface area (Å²) in [6, 6.07) is 0. The summed E-state index contributed by atoms with van der Waals surface area (Å²) in [5.74, 6) is -3.37. The molecule has 0 amide bonds. The number of ether oxygens (including phenoxy) is 5. The van der Waals surface area contributed by atoms with Crippen molar-refractivity contribution < 1.29 is 58.2 Å². The molecule has 1 fully saturated rings. The van der Waals surface area contributed by atoms with Gasteiger partial charge in [-0.1, -0.05) is 224 Å². The molecule has 0 aromatic rings. The van der Waals surface area contributed by atoms with E-state index in [-0.39, 0.29) is 25.9 Å². The van der Waals surface area contributed by atoms with Gasteiger partial charge >= 0.3 is 23.9 Å². The minimum absolute atomic E-state index is 0.000108. The van der Waals surface area contributed by atoms with Crippen molar-refractivity contribution in [1.29, 1.82) is 0 Å². The van der Waals surface area contributed by atoms with Crippen LogP contribution in [-0.2, 0) is 42.9 Å². The summed E-state index contributed by atoms with van der Waals surface area (Å²) in [5, 5.41) is 31.6. The second kappa shape index (κ2) is 56.8. The van der Waals surface area contributed by atoms with Crippen LogP contribution in [0.1, 0.15) is 213 Å². The van der Waals surface area contributed by atoms with E-state index in [1.54, 1.807) is 6.08 Å². The van der Waals surface area contributed by atoms with E-state index in [9.17, 15) is 34.5 Å². The molecule has 0 spiro atoms. The summed E-state index contributed by atoms with van der Waals surface area (Å²) in [7, 11) is 0. The zero-order chi connectivity index (χ0) is 60.3. The van der Waals surface area contributed by atoms with Crippen LogP contribution in [0.3, 0.4) is 0 Å². The summed E-state index contributed by atoms with van der Waals surface area (Å²) >= 11 is 0. The molecule has 0 bridgehead atoms. The Bertz CT molecular complexity index is 2050. The monoisotopic (exact) mass is 1150 g/mol. The fraction of sp³-hybridized carbons (Fsp3) is 0.577. The van der Waals surface area contributed by atoms with Crippen LogP contribution in [-0.4, -0.2) is 89.2 Å². The lowest BCUT2D eigenvalue weighted by Gasteiger charge is -2.40. The Morgan fingerprint density at radius 1 is 0.422 bits per heavy atom. The van der Waals surface area contributed by atoms with E-state index in [0.717, 1.165) is 128 Å². The zero-order valence-electron chi connectivity index (χ0n) is 51.1. The van der Waals surface area contributed by atoms with Crippen molar-refractivity contribution in [2.24, 2.45) is 0 Å². The number of rotatable bonds is 51. The van der Waals surface area contributed by atoms with Crippen molar-refractivity contribution in [3.8, 4) is 0 Å². The summed E-state index contributed by atoms with van der Waals surface area (Å²) in [6.07, 6.45) is 70.8.